The van der Waals surface area contributed by atoms with Gasteiger partial charge in [-0.2, -0.15) is 0 Å². The summed E-state index contributed by atoms with van der Waals surface area (Å²) in [7, 11) is 0. The van der Waals surface area contributed by atoms with E-state index in [2.05, 4.69) is 68.6 Å². The van der Waals surface area contributed by atoms with Crippen LogP contribution in [0.25, 0.3) is 0 Å². The minimum atomic E-state index is 0.544. The summed E-state index contributed by atoms with van der Waals surface area (Å²) in [5, 5.41) is 3.50. The molecule has 0 heterocycles. The van der Waals surface area contributed by atoms with Crippen molar-refractivity contribution in [2.24, 2.45) is 0 Å². The van der Waals surface area contributed by atoms with Crippen molar-refractivity contribution in [2.45, 2.75) is 46.4 Å². The third-order valence-electron chi connectivity index (χ3n) is 3.69. The van der Waals surface area contributed by atoms with E-state index in [1.807, 2.05) is 6.07 Å². The fourth-order valence-corrected chi connectivity index (χ4v) is 2.03. The Morgan fingerprint density at radius 3 is 2.52 bits per heavy atom. The maximum absolute atomic E-state index is 5.88. The molecule has 0 fully saturated rings. The second kappa shape index (κ2) is 7.84. The van der Waals surface area contributed by atoms with Crippen LogP contribution in [0.15, 0.2) is 48.5 Å². The molecule has 2 aromatic carbocycles. The largest absolute Gasteiger partial charge is 0.489 e. The Kier molecular flexibility index (Phi) is 5.82. The van der Waals surface area contributed by atoms with E-state index in [0.717, 1.165) is 18.7 Å². The number of hydrogen-bond acceptors (Lipinski definition) is 2. The molecule has 1 N–H and O–H groups in total. The van der Waals surface area contributed by atoms with Crippen molar-refractivity contribution in [2.75, 3.05) is 0 Å². The lowest BCUT2D eigenvalue weighted by Gasteiger charge is -2.12. The van der Waals surface area contributed by atoms with Gasteiger partial charge in [-0.1, -0.05) is 48.9 Å². The van der Waals surface area contributed by atoms with Gasteiger partial charge in [-0.3, -0.25) is 0 Å². The van der Waals surface area contributed by atoms with Gasteiger partial charge in [-0.15, -0.1) is 0 Å². The molecule has 2 rings (SSSR count). The number of ether oxygens (including phenoxy) is 1. The van der Waals surface area contributed by atoms with Crippen LogP contribution < -0.4 is 10.1 Å². The molecule has 0 spiro atoms. The molecule has 0 bridgehead atoms. The van der Waals surface area contributed by atoms with Crippen molar-refractivity contribution in [3.8, 4) is 5.75 Å². The van der Waals surface area contributed by atoms with Crippen molar-refractivity contribution in [3.63, 3.8) is 0 Å². The Balaban J connectivity index is 1.90. The van der Waals surface area contributed by atoms with Gasteiger partial charge in [0.25, 0.3) is 0 Å². The summed E-state index contributed by atoms with van der Waals surface area (Å²) in [6, 6.07) is 17.3. The minimum Gasteiger partial charge on any atom is -0.489 e. The van der Waals surface area contributed by atoms with Crippen LogP contribution >= 0.6 is 0 Å². The summed E-state index contributed by atoms with van der Waals surface area (Å²) in [6.45, 7) is 7.99. The third kappa shape index (κ3) is 5.24. The monoisotopic (exact) mass is 283 g/mol. The summed E-state index contributed by atoms with van der Waals surface area (Å²) in [4.78, 5) is 0. The molecular formula is C19H25NO. The van der Waals surface area contributed by atoms with Crippen LogP contribution in [0.5, 0.6) is 5.75 Å². The second-order valence-corrected chi connectivity index (χ2v) is 5.61. The van der Waals surface area contributed by atoms with E-state index in [1.54, 1.807) is 0 Å². The summed E-state index contributed by atoms with van der Waals surface area (Å²) < 4.78 is 5.88. The highest BCUT2D eigenvalue weighted by Crippen LogP contribution is 2.15. The first-order chi connectivity index (χ1) is 10.2. The Labute approximate surface area is 128 Å². The van der Waals surface area contributed by atoms with Gasteiger partial charge in [-0.25, -0.2) is 0 Å². The van der Waals surface area contributed by atoms with Crippen molar-refractivity contribution < 1.29 is 4.74 Å². The fourth-order valence-electron chi connectivity index (χ4n) is 2.03. The number of benzene rings is 2. The molecule has 0 saturated heterocycles. The zero-order chi connectivity index (χ0) is 15.1. The molecule has 21 heavy (non-hydrogen) atoms. The molecule has 0 saturated carbocycles. The lowest BCUT2D eigenvalue weighted by Crippen LogP contribution is -2.24. The van der Waals surface area contributed by atoms with Gasteiger partial charge in [0.05, 0.1) is 0 Å². The van der Waals surface area contributed by atoms with E-state index in [9.17, 15) is 0 Å². The molecule has 0 amide bonds. The summed E-state index contributed by atoms with van der Waals surface area (Å²) in [5.41, 5.74) is 3.73. The van der Waals surface area contributed by atoms with Crippen molar-refractivity contribution in [1.82, 2.24) is 5.32 Å². The van der Waals surface area contributed by atoms with Crippen LogP contribution in [-0.4, -0.2) is 6.04 Å². The Morgan fingerprint density at radius 2 is 1.81 bits per heavy atom. The Hall–Kier alpha value is -1.80. The average molecular weight is 283 g/mol. The fraction of sp³-hybridized carbons (Fsp3) is 0.368. The first-order valence-corrected chi connectivity index (χ1v) is 7.68. The number of nitrogens with one attached hydrogen (secondary N) is 1. The van der Waals surface area contributed by atoms with Gasteiger partial charge < -0.3 is 10.1 Å². The number of aryl methyl sites for hydroxylation is 1. The molecule has 2 nitrogen and oxygen atoms in total. The standard InChI is InChI=1S/C19H25NO/c1-4-16(3)20-13-18-6-5-7-19(12-18)21-14-17-10-8-15(2)9-11-17/h5-12,16,20H,4,13-14H2,1-3H3/t16-/m1/s1. The predicted octanol–water partition coefficient (Wildman–Crippen LogP) is 4.46. The quantitative estimate of drug-likeness (QED) is 0.810. The van der Waals surface area contributed by atoms with Crippen LogP contribution in [0, 0.1) is 6.92 Å². The molecule has 0 aromatic heterocycles. The highest BCUT2D eigenvalue weighted by Gasteiger charge is 2.01. The third-order valence-corrected chi connectivity index (χ3v) is 3.69. The van der Waals surface area contributed by atoms with Gasteiger partial charge >= 0.3 is 0 Å². The average Bonchev–Trinajstić information content (AvgIpc) is 2.52. The van der Waals surface area contributed by atoms with Crippen molar-refractivity contribution in [3.05, 3.63) is 65.2 Å². The summed E-state index contributed by atoms with van der Waals surface area (Å²) in [5.74, 6) is 0.930. The summed E-state index contributed by atoms with van der Waals surface area (Å²) in [6.07, 6.45) is 1.14. The highest BCUT2D eigenvalue weighted by molar-refractivity contribution is 5.29. The lowest BCUT2D eigenvalue weighted by atomic mass is 10.1. The second-order valence-electron chi connectivity index (χ2n) is 5.61. The van der Waals surface area contributed by atoms with E-state index in [-0.39, 0.29) is 0 Å². The lowest BCUT2D eigenvalue weighted by molar-refractivity contribution is 0.306. The number of hydrogen-bond donors (Lipinski definition) is 1. The Bertz CT molecular complexity index is 548. The molecule has 0 unspecified atom stereocenters. The molecule has 112 valence electrons. The van der Waals surface area contributed by atoms with E-state index in [4.69, 9.17) is 4.74 Å². The molecule has 0 aliphatic rings. The van der Waals surface area contributed by atoms with Crippen LogP contribution in [0.2, 0.25) is 0 Å². The smallest absolute Gasteiger partial charge is 0.120 e. The van der Waals surface area contributed by atoms with Crippen LogP contribution in [0.1, 0.15) is 37.0 Å². The SMILES string of the molecule is CC[C@@H](C)NCc1cccc(OCc2ccc(C)cc2)c1. The first-order valence-electron chi connectivity index (χ1n) is 7.68. The minimum absolute atomic E-state index is 0.544. The highest BCUT2D eigenvalue weighted by atomic mass is 16.5. The molecule has 2 heteroatoms. The van der Waals surface area contributed by atoms with Crippen molar-refractivity contribution in [1.29, 1.82) is 0 Å². The Morgan fingerprint density at radius 1 is 1.05 bits per heavy atom. The van der Waals surface area contributed by atoms with Crippen LogP contribution in [0.4, 0.5) is 0 Å². The molecule has 1 atom stereocenters. The molecule has 0 aliphatic heterocycles. The molecule has 2 aromatic rings. The molecule has 0 aliphatic carbocycles. The zero-order valence-corrected chi connectivity index (χ0v) is 13.2. The van der Waals surface area contributed by atoms with E-state index in [1.165, 1.54) is 16.7 Å². The van der Waals surface area contributed by atoms with Crippen LogP contribution in [0.3, 0.4) is 0 Å². The normalized spacial score (nSPS) is 12.1. The summed E-state index contributed by atoms with van der Waals surface area (Å²) >= 11 is 0. The van der Waals surface area contributed by atoms with E-state index < -0.39 is 0 Å². The first kappa shape index (κ1) is 15.6. The van der Waals surface area contributed by atoms with Gasteiger partial charge in [0.15, 0.2) is 0 Å². The van der Waals surface area contributed by atoms with Gasteiger partial charge in [0.1, 0.15) is 12.4 Å². The van der Waals surface area contributed by atoms with E-state index >= 15 is 0 Å². The van der Waals surface area contributed by atoms with Gasteiger partial charge in [-0.05, 0) is 43.5 Å². The predicted molar refractivity (Wildman–Crippen MR) is 88.5 cm³/mol. The van der Waals surface area contributed by atoms with Gasteiger partial charge in [0, 0.05) is 12.6 Å². The van der Waals surface area contributed by atoms with Crippen LogP contribution in [-0.2, 0) is 13.2 Å². The van der Waals surface area contributed by atoms with Gasteiger partial charge in [0.2, 0.25) is 0 Å². The zero-order valence-electron chi connectivity index (χ0n) is 13.2. The topological polar surface area (TPSA) is 21.3 Å². The number of rotatable bonds is 7. The molecular weight excluding hydrogens is 258 g/mol. The van der Waals surface area contributed by atoms with E-state index in [0.29, 0.717) is 12.6 Å². The maximum Gasteiger partial charge on any atom is 0.120 e. The molecule has 0 radical (unpaired) electrons. The maximum atomic E-state index is 5.88. The van der Waals surface area contributed by atoms with Crippen molar-refractivity contribution >= 4 is 0 Å².